The van der Waals surface area contributed by atoms with Gasteiger partial charge in [-0.25, -0.2) is 18.4 Å². The molecule has 0 bridgehead atoms. The molecular formula is C16H13N3O5S. The van der Waals surface area contributed by atoms with Gasteiger partial charge in [-0.1, -0.05) is 12.1 Å². The molecule has 128 valence electrons. The third kappa shape index (κ3) is 2.89. The molecule has 2 amide bonds. The van der Waals surface area contributed by atoms with Gasteiger partial charge >= 0.3 is 11.8 Å². The molecule has 25 heavy (non-hydrogen) atoms. The Bertz CT molecular complexity index is 1110. The zero-order valence-corrected chi connectivity index (χ0v) is 14.1. The van der Waals surface area contributed by atoms with E-state index in [-0.39, 0.29) is 15.6 Å². The highest BCUT2D eigenvalue weighted by Gasteiger charge is 2.25. The van der Waals surface area contributed by atoms with E-state index in [0.717, 1.165) is 4.31 Å². The Kier molecular flexibility index (Phi) is 4.09. The van der Waals surface area contributed by atoms with Gasteiger partial charge < -0.3 is 4.74 Å². The molecule has 0 unspecified atom stereocenters. The fraction of sp³-hybridized carbons (Fsp3) is 0.125. The number of nitrogens with zero attached hydrogens (tertiary/aromatic N) is 3. The number of benzene rings is 2. The summed E-state index contributed by atoms with van der Waals surface area (Å²) in [5.74, 6) is -1.61. The van der Waals surface area contributed by atoms with Gasteiger partial charge in [-0.15, -0.1) is 0 Å². The molecule has 2 aromatic carbocycles. The van der Waals surface area contributed by atoms with E-state index in [1.807, 2.05) is 0 Å². The number of ether oxygens (including phenoxy) is 1. The van der Waals surface area contributed by atoms with Gasteiger partial charge in [0, 0.05) is 7.05 Å². The highest BCUT2D eigenvalue weighted by molar-refractivity contribution is 7.92. The highest BCUT2D eigenvalue weighted by Crippen LogP contribution is 2.30. The number of carbonyl (C=O) groups excluding carboxylic acids is 2. The molecule has 3 rings (SSSR count). The number of hydrogen-bond acceptors (Lipinski definition) is 5. The fourth-order valence-corrected chi connectivity index (χ4v) is 3.57. The number of sulfonamides is 1. The van der Waals surface area contributed by atoms with Gasteiger partial charge in [0.05, 0.1) is 28.4 Å². The number of rotatable bonds is 4. The first kappa shape index (κ1) is 16.8. The summed E-state index contributed by atoms with van der Waals surface area (Å²) in [5, 5.41) is 0.197. The van der Waals surface area contributed by atoms with Crippen LogP contribution in [-0.4, -0.2) is 34.4 Å². The van der Waals surface area contributed by atoms with Gasteiger partial charge in [-0.05, 0) is 30.3 Å². The minimum Gasteiger partial charge on any atom is -0.495 e. The molecule has 1 aliphatic rings. The molecule has 1 heterocycles. The molecule has 0 atom stereocenters. The maximum Gasteiger partial charge on any atom is 0.338 e. The lowest BCUT2D eigenvalue weighted by molar-refractivity contribution is -0.135. The smallest absolute Gasteiger partial charge is 0.338 e. The van der Waals surface area contributed by atoms with Gasteiger partial charge in [0.15, 0.2) is 0 Å². The van der Waals surface area contributed by atoms with Gasteiger partial charge in [0.1, 0.15) is 5.75 Å². The van der Waals surface area contributed by atoms with Crippen LogP contribution in [0.15, 0.2) is 57.3 Å². The Hall–Kier alpha value is -3.07. The second-order valence-electron chi connectivity index (χ2n) is 5.13. The Balaban J connectivity index is 2.12. The van der Waals surface area contributed by atoms with Crippen molar-refractivity contribution in [3.8, 4) is 5.75 Å². The highest BCUT2D eigenvalue weighted by atomic mass is 32.2. The first-order valence-electron chi connectivity index (χ1n) is 7.12. The van der Waals surface area contributed by atoms with Crippen LogP contribution in [0.5, 0.6) is 5.75 Å². The summed E-state index contributed by atoms with van der Waals surface area (Å²) in [6.07, 6.45) is 0. The summed E-state index contributed by atoms with van der Waals surface area (Å²) in [7, 11) is -1.10. The molecule has 0 aliphatic carbocycles. The predicted molar refractivity (Wildman–Crippen MR) is 87.4 cm³/mol. The Morgan fingerprint density at radius 2 is 1.60 bits per heavy atom. The Labute approximate surface area is 143 Å². The SMILES string of the molecule is COc1ccccc1N(C)S(=O)(=O)c1ccc2c(c1)=NC(=O)C(=O)N=2. The second kappa shape index (κ2) is 6.10. The fourth-order valence-electron chi connectivity index (χ4n) is 2.34. The number of fused-ring (bicyclic) bond motifs is 1. The van der Waals surface area contributed by atoms with Crippen LogP contribution < -0.4 is 19.8 Å². The van der Waals surface area contributed by atoms with E-state index in [0.29, 0.717) is 11.4 Å². The topological polar surface area (TPSA) is 105 Å². The molecule has 0 spiro atoms. The van der Waals surface area contributed by atoms with Crippen molar-refractivity contribution in [3.63, 3.8) is 0 Å². The van der Waals surface area contributed by atoms with Crippen LogP contribution in [-0.2, 0) is 19.6 Å². The molecule has 8 nitrogen and oxygen atoms in total. The lowest BCUT2D eigenvalue weighted by Crippen LogP contribution is -2.36. The minimum absolute atomic E-state index is 0.0408. The third-order valence-electron chi connectivity index (χ3n) is 3.66. The molecule has 9 heteroatoms. The quantitative estimate of drug-likeness (QED) is 0.705. The number of para-hydroxylation sites is 2. The van der Waals surface area contributed by atoms with Crippen molar-refractivity contribution >= 4 is 27.5 Å². The van der Waals surface area contributed by atoms with Crippen LogP contribution in [0.3, 0.4) is 0 Å². The van der Waals surface area contributed by atoms with Crippen LogP contribution in [0.25, 0.3) is 0 Å². The van der Waals surface area contributed by atoms with E-state index in [1.165, 1.54) is 32.4 Å². The van der Waals surface area contributed by atoms with E-state index in [9.17, 15) is 18.0 Å². The summed E-state index contributed by atoms with van der Waals surface area (Å²) in [4.78, 5) is 29.7. The van der Waals surface area contributed by atoms with E-state index in [1.54, 1.807) is 24.3 Å². The van der Waals surface area contributed by atoms with E-state index in [4.69, 9.17) is 4.74 Å². The number of amides is 2. The normalized spacial score (nSPS) is 13.5. The standard InChI is InChI=1S/C16H13N3O5S/c1-19(13-5-3-4-6-14(13)24-2)25(22,23)10-7-8-11-12(9-10)18-16(21)15(20)17-11/h3-9H,1-2H3. The molecule has 0 aromatic heterocycles. The van der Waals surface area contributed by atoms with Crippen molar-refractivity contribution in [2.45, 2.75) is 4.90 Å². The minimum atomic E-state index is -3.93. The van der Waals surface area contributed by atoms with Crippen molar-refractivity contribution in [2.24, 2.45) is 9.98 Å². The lowest BCUT2D eigenvalue weighted by Gasteiger charge is -2.21. The van der Waals surface area contributed by atoms with Crippen molar-refractivity contribution in [3.05, 3.63) is 53.2 Å². The maximum absolute atomic E-state index is 12.9. The zero-order chi connectivity index (χ0) is 18.2. The largest absolute Gasteiger partial charge is 0.495 e. The second-order valence-corrected chi connectivity index (χ2v) is 7.10. The van der Waals surface area contributed by atoms with Crippen LogP contribution in [0.1, 0.15) is 0 Å². The van der Waals surface area contributed by atoms with Crippen LogP contribution in [0, 0.1) is 0 Å². The van der Waals surface area contributed by atoms with Crippen LogP contribution in [0.4, 0.5) is 5.69 Å². The van der Waals surface area contributed by atoms with Gasteiger partial charge in [-0.2, -0.15) is 0 Å². The number of anilines is 1. The van der Waals surface area contributed by atoms with E-state index in [2.05, 4.69) is 9.98 Å². The number of hydrogen-bond donors (Lipinski definition) is 0. The average Bonchev–Trinajstić information content (AvgIpc) is 2.61. The molecule has 1 aliphatic heterocycles. The van der Waals surface area contributed by atoms with Crippen molar-refractivity contribution in [2.75, 3.05) is 18.5 Å². The number of methoxy groups -OCH3 is 1. The molecule has 0 N–H and O–H groups in total. The van der Waals surface area contributed by atoms with Gasteiger partial charge in [0.2, 0.25) is 0 Å². The third-order valence-corrected chi connectivity index (χ3v) is 5.42. The van der Waals surface area contributed by atoms with Crippen LogP contribution >= 0.6 is 0 Å². The molecule has 0 saturated carbocycles. The van der Waals surface area contributed by atoms with Crippen molar-refractivity contribution in [1.29, 1.82) is 0 Å². The van der Waals surface area contributed by atoms with Crippen molar-refractivity contribution < 1.29 is 22.7 Å². The maximum atomic E-state index is 12.9. The summed E-state index contributed by atoms with van der Waals surface area (Å²) >= 11 is 0. The summed E-state index contributed by atoms with van der Waals surface area (Å²) in [6, 6.07) is 10.5. The molecule has 2 aromatic rings. The van der Waals surface area contributed by atoms with Gasteiger partial charge in [0.25, 0.3) is 10.0 Å². The lowest BCUT2D eigenvalue weighted by atomic mass is 10.3. The molecule has 0 radical (unpaired) electrons. The van der Waals surface area contributed by atoms with Crippen molar-refractivity contribution in [1.82, 2.24) is 0 Å². The Morgan fingerprint density at radius 3 is 2.28 bits per heavy atom. The summed E-state index contributed by atoms with van der Waals surface area (Å²) < 4.78 is 32.0. The summed E-state index contributed by atoms with van der Waals surface area (Å²) in [6.45, 7) is 0. The molecule has 0 fully saturated rings. The average molecular weight is 359 g/mol. The number of carbonyl (C=O) groups is 2. The van der Waals surface area contributed by atoms with E-state index >= 15 is 0 Å². The van der Waals surface area contributed by atoms with Crippen LogP contribution in [0.2, 0.25) is 0 Å². The Morgan fingerprint density at radius 1 is 0.960 bits per heavy atom. The molecular weight excluding hydrogens is 346 g/mol. The summed E-state index contributed by atoms with van der Waals surface area (Å²) in [5.41, 5.74) is 0.357. The first-order valence-corrected chi connectivity index (χ1v) is 8.56. The predicted octanol–water partition coefficient (Wildman–Crippen LogP) is -0.174. The zero-order valence-electron chi connectivity index (χ0n) is 13.3. The molecule has 0 saturated heterocycles. The monoisotopic (exact) mass is 359 g/mol. The van der Waals surface area contributed by atoms with E-state index < -0.39 is 21.8 Å². The van der Waals surface area contributed by atoms with Gasteiger partial charge in [-0.3, -0.25) is 13.9 Å². The first-order chi connectivity index (χ1) is 11.8.